The van der Waals surface area contributed by atoms with Crippen molar-refractivity contribution in [2.24, 2.45) is 5.10 Å². The third kappa shape index (κ3) is 3.12. The van der Waals surface area contributed by atoms with Gasteiger partial charge in [0, 0.05) is 10.9 Å². The van der Waals surface area contributed by atoms with Gasteiger partial charge >= 0.3 is 0 Å². The molecule has 5 heteroatoms. The van der Waals surface area contributed by atoms with Crippen LogP contribution in [0.15, 0.2) is 47.0 Å². The van der Waals surface area contributed by atoms with Crippen molar-refractivity contribution in [1.29, 1.82) is 0 Å². The number of pyridine rings is 1. The summed E-state index contributed by atoms with van der Waals surface area (Å²) in [6.07, 6.45) is 3.92. The number of nitrogens with one attached hydrogen (secondary N) is 1. The van der Waals surface area contributed by atoms with Crippen LogP contribution in [0.1, 0.15) is 4.88 Å². The number of hydrazone groups is 1. The Morgan fingerprint density at radius 2 is 2.00 bits per heavy atom. The van der Waals surface area contributed by atoms with Gasteiger partial charge < -0.3 is 0 Å². The van der Waals surface area contributed by atoms with E-state index in [1.807, 2.05) is 18.5 Å². The highest BCUT2D eigenvalue weighted by Crippen LogP contribution is 2.10. The van der Waals surface area contributed by atoms with Gasteiger partial charge in [0.2, 0.25) is 0 Å². The first kappa shape index (κ1) is 12.2. The van der Waals surface area contributed by atoms with Crippen LogP contribution in [-0.2, 0) is 0 Å². The molecule has 0 aromatic carbocycles. The van der Waals surface area contributed by atoms with Gasteiger partial charge in [-0.2, -0.15) is 5.10 Å². The van der Waals surface area contributed by atoms with Crippen LogP contribution in [0.4, 0.5) is 5.82 Å². The van der Waals surface area contributed by atoms with Crippen LogP contribution in [-0.4, -0.2) is 37.4 Å². The van der Waals surface area contributed by atoms with Gasteiger partial charge in [0.1, 0.15) is 13.1 Å². The summed E-state index contributed by atoms with van der Waals surface area (Å²) in [6, 6.07) is 10.3. The third-order valence-electron chi connectivity index (χ3n) is 3.18. The summed E-state index contributed by atoms with van der Waals surface area (Å²) in [5.41, 5.74) is 0. The van der Waals surface area contributed by atoms with Crippen LogP contribution in [0.2, 0.25) is 0 Å². The van der Waals surface area contributed by atoms with Crippen molar-refractivity contribution < 1.29 is 4.98 Å². The number of thiophene rings is 1. The number of hydrogen-bond donors (Lipinski definition) is 0. The molecular formula is C14H17N4S+. The van der Waals surface area contributed by atoms with Crippen molar-refractivity contribution in [2.75, 3.05) is 31.1 Å². The summed E-state index contributed by atoms with van der Waals surface area (Å²) in [4.78, 5) is 6.84. The Kier molecular flexibility index (Phi) is 3.74. The Balaban J connectivity index is 1.55. The minimum absolute atomic E-state index is 0.963. The molecule has 0 spiro atoms. The predicted octanol–water partition coefficient (Wildman–Crippen LogP) is 1.72. The molecule has 0 amide bonds. The molecule has 19 heavy (non-hydrogen) atoms. The van der Waals surface area contributed by atoms with E-state index in [2.05, 4.69) is 49.6 Å². The SMILES string of the molecule is C(=NN1CCN(c2cccc[nH+]2)CC1)c1cccs1. The number of aromatic nitrogens is 1. The van der Waals surface area contributed by atoms with Gasteiger partial charge in [-0.1, -0.05) is 12.1 Å². The summed E-state index contributed by atoms with van der Waals surface area (Å²) in [7, 11) is 0. The van der Waals surface area contributed by atoms with Gasteiger partial charge in [-0.05, 0) is 17.5 Å². The molecule has 0 saturated carbocycles. The number of nitrogens with zero attached hydrogens (tertiary/aromatic N) is 3. The zero-order valence-electron chi connectivity index (χ0n) is 10.7. The molecule has 2 aromatic rings. The number of H-pyrrole nitrogens is 1. The molecule has 0 unspecified atom stereocenters. The molecular weight excluding hydrogens is 256 g/mol. The van der Waals surface area contributed by atoms with E-state index < -0.39 is 0 Å². The fraction of sp³-hybridized carbons (Fsp3) is 0.286. The standard InChI is InChI=1S/C14H16N4S/c1-2-6-15-14(5-1)17-7-9-18(10-8-17)16-12-13-4-3-11-19-13/h1-6,11-12H,7-10H2/p+1. The monoisotopic (exact) mass is 273 g/mol. The minimum atomic E-state index is 0.963. The molecule has 0 aliphatic carbocycles. The summed E-state index contributed by atoms with van der Waals surface area (Å²) in [5.74, 6) is 1.18. The molecule has 1 saturated heterocycles. The van der Waals surface area contributed by atoms with E-state index in [1.54, 1.807) is 11.3 Å². The molecule has 1 aliphatic rings. The van der Waals surface area contributed by atoms with Crippen LogP contribution >= 0.6 is 11.3 Å². The Hall–Kier alpha value is -1.88. The lowest BCUT2D eigenvalue weighted by Crippen LogP contribution is -2.45. The lowest BCUT2D eigenvalue weighted by molar-refractivity contribution is -0.364. The number of rotatable bonds is 3. The Labute approximate surface area is 117 Å². The average molecular weight is 273 g/mol. The van der Waals surface area contributed by atoms with Gasteiger partial charge in [-0.3, -0.25) is 9.91 Å². The van der Waals surface area contributed by atoms with E-state index in [-0.39, 0.29) is 0 Å². The van der Waals surface area contributed by atoms with Crippen LogP contribution in [0, 0.1) is 0 Å². The minimum Gasteiger partial charge on any atom is -0.289 e. The van der Waals surface area contributed by atoms with Crippen LogP contribution in [0.5, 0.6) is 0 Å². The van der Waals surface area contributed by atoms with Gasteiger partial charge in [0.05, 0.1) is 25.5 Å². The van der Waals surface area contributed by atoms with Crippen LogP contribution in [0.25, 0.3) is 0 Å². The molecule has 1 N–H and O–H groups in total. The second-order valence-electron chi connectivity index (χ2n) is 4.45. The van der Waals surface area contributed by atoms with Crippen LogP contribution in [0.3, 0.4) is 0 Å². The zero-order chi connectivity index (χ0) is 12.9. The molecule has 0 bridgehead atoms. The molecule has 2 aromatic heterocycles. The number of piperazine rings is 1. The highest BCUT2D eigenvalue weighted by molar-refractivity contribution is 7.11. The average Bonchev–Trinajstić information content (AvgIpc) is 3.00. The first-order chi connectivity index (χ1) is 9.42. The quantitative estimate of drug-likeness (QED) is 0.798. The molecule has 3 heterocycles. The van der Waals surface area contributed by atoms with Crippen molar-refractivity contribution in [1.82, 2.24) is 5.01 Å². The van der Waals surface area contributed by atoms with Gasteiger partial charge in [0.15, 0.2) is 0 Å². The number of anilines is 1. The Morgan fingerprint density at radius 1 is 1.11 bits per heavy atom. The summed E-state index contributed by atoms with van der Waals surface area (Å²) < 4.78 is 0. The molecule has 3 rings (SSSR count). The molecule has 0 atom stereocenters. The highest BCUT2D eigenvalue weighted by Gasteiger charge is 2.21. The zero-order valence-corrected chi connectivity index (χ0v) is 11.5. The maximum absolute atomic E-state index is 4.54. The van der Waals surface area contributed by atoms with E-state index in [0.29, 0.717) is 0 Å². The molecule has 98 valence electrons. The van der Waals surface area contributed by atoms with Crippen molar-refractivity contribution in [3.8, 4) is 0 Å². The first-order valence-corrected chi connectivity index (χ1v) is 7.34. The maximum atomic E-state index is 4.54. The second-order valence-corrected chi connectivity index (χ2v) is 5.43. The smallest absolute Gasteiger partial charge is 0.274 e. The lowest BCUT2D eigenvalue weighted by atomic mass is 10.3. The first-order valence-electron chi connectivity index (χ1n) is 6.46. The largest absolute Gasteiger partial charge is 0.289 e. The molecule has 1 fully saturated rings. The highest BCUT2D eigenvalue weighted by atomic mass is 32.1. The normalized spacial score (nSPS) is 16.2. The van der Waals surface area contributed by atoms with Gasteiger partial charge in [-0.15, -0.1) is 11.3 Å². The lowest BCUT2D eigenvalue weighted by Gasteiger charge is -2.28. The van der Waals surface area contributed by atoms with Crippen molar-refractivity contribution >= 4 is 23.4 Å². The Morgan fingerprint density at radius 3 is 2.68 bits per heavy atom. The van der Waals surface area contributed by atoms with Gasteiger partial charge in [-0.25, -0.2) is 4.98 Å². The van der Waals surface area contributed by atoms with E-state index in [4.69, 9.17) is 0 Å². The number of hydrogen-bond acceptors (Lipinski definition) is 4. The molecule has 4 nitrogen and oxygen atoms in total. The molecule has 1 aliphatic heterocycles. The van der Waals surface area contributed by atoms with Crippen LogP contribution < -0.4 is 9.88 Å². The fourth-order valence-corrected chi connectivity index (χ4v) is 2.72. The second kappa shape index (κ2) is 5.84. The maximum Gasteiger partial charge on any atom is 0.274 e. The summed E-state index contributed by atoms with van der Waals surface area (Å²) >= 11 is 1.72. The topological polar surface area (TPSA) is 33.0 Å². The van der Waals surface area contributed by atoms with E-state index in [1.165, 1.54) is 10.7 Å². The van der Waals surface area contributed by atoms with Gasteiger partial charge in [0.25, 0.3) is 5.82 Å². The summed E-state index contributed by atoms with van der Waals surface area (Å²) in [6.45, 7) is 3.93. The molecule has 0 radical (unpaired) electrons. The van der Waals surface area contributed by atoms with E-state index in [9.17, 15) is 0 Å². The van der Waals surface area contributed by atoms with Crippen molar-refractivity contribution in [2.45, 2.75) is 0 Å². The fourth-order valence-electron chi connectivity index (χ4n) is 2.14. The predicted molar refractivity (Wildman–Crippen MR) is 78.7 cm³/mol. The Bertz CT molecular complexity index is 516. The third-order valence-corrected chi connectivity index (χ3v) is 3.99. The van der Waals surface area contributed by atoms with Crippen molar-refractivity contribution in [3.63, 3.8) is 0 Å². The van der Waals surface area contributed by atoms with Crippen molar-refractivity contribution in [3.05, 3.63) is 46.8 Å². The van der Waals surface area contributed by atoms with E-state index in [0.717, 1.165) is 26.2 Å². The summed E-state index contributed by atoms with van der Waals surface area (Å²) in [5, 5.41) is 8.75. The van der Waals surface area contributed by atoms with E-state index >= 15 is 0 Å². The number of aromatic amines is 1.